The van der Waals surface area contributed by atoms with E-state index in [4.69, 9.17) is 4.42 Å². The zero-order valence-corrected chi connectivity index (χ0v) is 11.7. The lowest BCUT2D eigenvalue weighted by atomic mass is 10.2. The molecule has 0 unspecified atom stereocenters. The van der Waals surface area contributed by atoms with E-state index >= 15 is 0 Å². The number of nitrogens with zero attached hydrogens (tertiary/aromatic N) is 3. The Bertz CT molecular complexity index is 745. The van der Waals surface area contributed by atoms with Gasteiger partial charge in [0.15, 0.2) is 5.76 Å². The number of nitrogens with one attached hydrogen (secondary N) is 1. The van der Waals surface area contributed by atoms with Crippen LogP contribution in [-0.2, 0) is 0 Å². The first-order chi connectivity index (χ1) is 10.1. The molecule has 0 aliphatic heterocycles. The number of amides is 1. The summed E-state index contributed by atoms with van der Waals surface area (Å²) in [5.41, 5.74) is 1.20. The van der Waals surface area contributed by atoms with E-state index in [9.17, 15) is 4.79 Å². The zero-order valence-electron chi connectivity index (χ0n) is 11.7. The van der Waals surface area contributed by atoms with Gasteiger partial charge in [0.05, 0.1) is 18.1 Å². The average molecular weight is 282 g/mol. The molecule has 1 amide bonds. The van der Waals surface area contributed by atoms with E-state index in [-0.39, 0.29) is 11.7 Å². The first-order valence-corrected chi connectivity index (χ1v) is 6.43. The maximum absolute atomic E-state index is 12.1. The van der Waals surface area contributed by atoms with Crippen LogP contribution >= 0.6 is 0 Å². The Morgan fingerprint density at radius 3 is 2.57 bits per heavy atom. The van der Waals surface area contributed by atoms with Gasteiger partial charge in [-0.3, -0.25) is 4.79 Å². The van der Waals surface area contributed by atoms with Gasteiger partial charge in [-0.15, -0.1) is 0 Å². The second-order valence-corrected chi connectivity index (χ2v) is 4.77. The van der Waals surface area contributed by atoms with Gasteiger partial charge in [-0.1, -0.05) is 18.2 Å². The number of benzene rings is 1. The van der Waals surface area contributed by atoms with Gasteiger partial charge >= 0.3 is 0 Å². The van der Waals surface area contributed by atoms with Crippen LogP contribution in [0.2, 0.25) is 0 Å². The predicted molar refractivity (Wildman–Crippen MR) is 80.5 cm³/mol. The molecule has 6 heteroatoms. The van der Waals surface area contributed by atoms with Crippen LogP contribution in [0.3, 0.4) is 0 Å². The number of carbonyl (C=O) groups excluding carboxylic acids is 1. The van der Waals surface area contributed by atoms with E-state index in [0.29, 0.717) is 17.2 Å². The molecular weight excluding hydrogens is 268 g/mol. The quantitative estimate of drug-likeness (QED) is 0.799. The van der Waals surface area contributed by atoms with Crippen molar-refractivity contribution in [1.82, 2.24) is 9.97 Å². The van der Waals surface area contributed by atoms with Gasteiger partial charge in [0.2, 0.25) is 5.95 Å². The molecule has 3 rings (SSSR count). The Morgan fingerprint density at radius 1 is 1.19 bits per heavy atom. The van der Waals surface area contributed by atoms with Crippen molar-refractivity contribution in [3.8, 4) is 0 Å². The van der Waals surface area contributed by atoms with Crippen LogP contribution in [-0.4, -0.2) is 30.0 Å². The van der Waals surface area contributed by atoms with Gasteiger partial charge in [0, 0.05) is 19.5 Å². The van der Waals surface area contributed by atoms with Gasteiger partial charge < -0.3 is 14.6 Å². The lowest BCUT2D eigenvalue weighted by Crippen LogP contribution is -2.14. The summed E-state index contributed by atoms with van der Waals surface area (Å²) in [7, 11) is 3.70. The normalized spacial score (nSPS) is 10.6. The Hall–Kier alpha value is -2.89. The van der Waals surface area contributed by atoms with Crippen LogP contribution in [0.15, 0.2) is 47.1 Å². The van der Waals surface area contributed by atoms with E-state index in [1.54, 1.807) is 23.4 Å². The number of hydrogen-bond donors (Lipinski definition) is 1. The number of para-hydroxylation sites is 1. The highest BCUT2D eigenvalue weighted by Crippen LogP contribution is 2.19. The standard InChI is InChI=1S/C15H14N4O2/c1-19(2)15-16-8-11(9-17-15)18-14(20)13-7-10-5-3-4-6-12(10)21-13/h3-9H,1-2H3,(H,18,20). The molecule has 0 saturated carbocycles. The van der Waals surface area contributed by atoms with Crippen molar-refractivity contribution in [2.75, 3.05) is 24.3 Å². The first-order valence-electron chi connectivity index (χ1n) is 6.43. The lowest BCUT2D eigenvalue weighted by molar-refractivity contribution is 0.0998. The Labute approximate surface area is 121 Å². The van der Waals surface area contributed by atoms with Gasteiger partial charge in [0.1, 0.15) is 5.58 Å². The highest BCUT2D eigenvalue weighted by atomic mass is 16.3. The summed E-state index contributed by atoms with van der Waals surface area (Å²) >= 11 is 0. The van der Waals surface area contributed by atoms with Crippen LogP contribution in [0, 0.1) is 0 Å². The van der Waals surface area contributed by atoms with Crippen molar-refractivity contribution >= 4 is 28.5 Å². The van der Waals surface area contributed by atoms with Crippen molar-refractivity contribution in [3.05, 3.63) is 48.5 Å². The molecule has 0 fully saturated rings. The Balaban J connectivity index is 1.79. The fourth-order valence-corrected chi connectivity index (χ4v) is 1.90. The maximum Gasteiger partial charge on any atom is 0.291 e. The monoisotopic (exact) mass is 282 g/mol. The van der Waals surface area contributed by atoms with Crippen LogP contribution in [0.1, 0.15) is 10.6 Å². The zero-order chi connectivity index (χ0) is 14.8. The number of carbonyl (C=O) groups is 1. The topological polar surface area (TPSA) is 71.3 Å². The molecule has 21 heavy (non-hydrogen) atoms. The van der Waals surface area contributed by atoms with E-state index in [1.807, 2.05) is 38.4 Å². The molecule has 2 heterocycles. The molecule has 0 atom stereocenters. The molecule has 0 saturated heterocycles. The molecule has 0 spiro atoms. The average Bonchev–Trinajstić information content (AvgIpc) is 2.92. The number of aromatic nitrogens is 2. The van der Waals surface area contributed by atoms with E-state index in [2.05, 4.69) is 15.3 Å². The van der Waals surface area contributed by atoms with Crippen LogP contribution < -0.4 is 10.2 Å². The smallest absolute Gasteiger partial charge is 0.291 e. The third-order valence-corrected chi connectivity index (χ3v) is 2.95. The third kappa shape index (κ3) is 2.69. The summed E-state index contributed by atoms with van der Waals surface area (Å²) in [6.07, 6.45) is 3.12. The Kier molecular flexibility index (Phi) is 3.27. The van der Waals surface area contributed by atoms with Crippen molar-refractivity contribution in [1.29, 1.82) is 0 Å². The van der Waals surface area contributed by atoms with Gasteiger partial charge in [-0.2, -0.15) is 0 Å². The maximum atomic E-state index is 12.1. The minimum absolute atomic E-state index is 0.257. The third-order valence-electron chi connectivity index (χ3n) is 2.95. The molecule has 0 radical (unpaired) electrons. The number of anilines is 2. The largest absolute Gasteiger partial charge is 0.451 e. The molecule has 106 valence electrons. The van der Waals surface area contributed by atoms with Crippen LogP contribution in [0.25, 0.3) is 11.0 Å². The van der Waals surface area contributed by atoms with Crippen LogP contribution in [0.5, 0.6) is 0 Å². The lowest BCUT2D eigenvalue weighted by Gasteiger charge is -2.09. The minimum atomic E-state index is -0.326. The van der Waals surface area contributed by atoms with Gasteiger partial charge in [-0.25, -0.2) is 9.97 Å². The van der Waals surface area contributed by atoms with Gasteiger partial charge in [-0.05, 0) is 12.1 Å². The minimum Gasteiger partial charge on any atom is -0.451 e. The second kappa shape index (κ2) is 5.24. The van der Waals surface area contributed by atoms with Gasteiger partial charge in [0.25, 0.3) is 5.91 Å². The number of furan rings is 1. The summed E-state index contributed by atoms with van der Waals surface area (Å²) < 4.78 is 5.50. The summed E-state index contributed by atoms with van der Waals surface area (Å²) in [6.45, 7) is 0. The molecule has 0 aliphatic carbocycles. The summed E-state index contributed by atoms with van der Waals surface area (Å²) in [6, 6.07) is 9.18. The first kappa shape index (κ1) is 13.1. The number of rotatable bonds is 3. The highest BCUT2D eigenvalue weighted by Gasteiger charge is 2.12. The van der Waals surface area contributed by atoms with Crippen molar-refractivity contribution in [2.24, 2.45) is 0 Å². The Morgan fingerprint density at radius 2 is 1.90 bits per heavy atom. The fraction of sp³-hybridized carbons (Fsp3) is 0.133. The van der Waals surface area contributed by atoms with Crippen molar-refractivity contribution in [2.45, 2.75) is 0 Å². The molecule has 1 aromatic carbocycles. The molecule has 2 aromatic heterocycles. The molecule has 0 bridgehead atoms. The van der Waals surface area contributed by atoms with Crippen molar-refractivity contribution < 1.29 is 9.21 Å². The molecule has 3 aromatic rings. The van der Waals surface area contributed by atoms with E-state index in [0.717, 1.165) is 5.39 Å². The summed E-state index contributed by atoms with van der Waals surface area (Å²) in [4.78, 5) is 22.2. The summed E-state index contributed by atoms with van der Waals surface area (Å²) in [5.74, 6) is 0.511. The summed E-state index contributed by atoms with van der Waals surface area (Å²) in [5, 5.41) is 3.60. The highest BCUT2D eigenvalue weighted by molar-refractivity contribution is 6.04. The number of fused-ring (bicyclic) bond motifs is 1. The van der Waals surface area contributed by atoms with Crippen LogP contribution in [0.4, 0.5) is 11.6 Å². The number of hydrogen-bond acceptors (Lipinski definition) is 5. The molecule has 1 N–H and O–H groups in total. The SMILES string of the molecule is CN(C)c1ncc(NC(=O)c2cc3ccccc3o2)cn1. The molecule has 0 aliphatic rings. The predicted octanol–water partition coefficient (Wildman–Crippen LogP) is 2.54. The van der Waals surface area contributed by atoms with Crippen molar-refractivity contribution in [3.63, 3.8) is 0 Å². The van der Waals surface area contributed by atoms with E-state index < -0.39 is 0 Å². The second-order valence-electron chi connectivity index (χ2n) is 4.77. The van der Waals surface area contributed by atoms with E-state index in [1.165, 1.54) is 0 Å². The fourth-order valence-electron chi connectivity index (χ4n) is 1.90. The molecular formula is C15H14N4O2. The molecule has 6 nitrogen and oxygen atoms in total.